The van der Waals surface area contributed by atoms with Gasteiger partial charge in [0.2, 0.25) is 0 Å². The molecule has 0 radical (unpaired) electrons. The lowest BCUT2D eigenvalue weighted by atomic mass is 10.0. The summed E-state index contributed by atoms with van der Waals surface area (Å²) in [6.07, 6.45) is 6.95. The lowest BCUT2D eigenvalue weighted by Crippen LogP contribution is -1.92. The molecule has 0 saturated heterocycles. The zero-order valence-corrected chi connectivity index (χ0v) is 11.8. The fourth-order valence-corrected chi connectivity index (χ4v) is 2.55. The van der Waals surface area contributed by atoms with Crippen LogP contribution in [0.5, 0.6) is 0 Å². The van der Waals surface area contributed by atoms with Crippen molar-refractivity contribution < 1.29 is 0 Å². The van der Waals surface area contributed by atoms with E-state index >= 15 is 0 Å². The first-order valence-corrected chi connectivity index (χ1v) is 7.08. The van der Waals surface area contributed by atoms with Crippen LogP contribution in [0.25, 0.3) is 22.4 Å². The van der Waals surface area contributed by atoms with E-state index in [2.05, 4.69) is 20.4 Å². The number of hydrogen-bond donors (Lipinski definition) is 0. The Morgan fingerprint density at radius 1 is 0.905 bits per heavy atom. The lowest BCUT2D eigenvalue weighted by Gasteiger charge is -2.10. The Labute approximate surface area is 126 Å². The molecular formula is C16H10N4S. The van der Waals surface area contributed by atoms with Crippen LogP contribution >= 0.6 is 11.8 Å². The van der Waals surface area contributed by atoms with E-state index in [0.717, 1.165) is 34.1 Å². The summed E-state index contributed by atoms with van der Waals surface area (Å²) >= 11 is 1.04. The Kier molecular flexibility index (Phi) is 3.90. The second-order valence-corrected chi connectivity index (χ2v) is 4.96. The molecule has 3 aromatic rings. The van der Waals surface area contributed by atoms with E-state index in [1.54, 1.807) is 24.8 Å². The monoisotopic (exact) mass is 290 g/mol. The molecule has 5 heteroatoms. The molecule has 0 N–H and O–H groups in total. The maximum absolute atomic E-state index is 8.92. The number of hydrogen-bond acceptors (Lipinski definition) is 5. The van der Waals surface area contributed by atoms with Gasteiger partial charge in [-0.15, -0.1) is 0 Å². The van der Waals surface area contributed by atoms with E-state index in [0.29, 0.717) is 5.03 Å². The minimum absolute atomic E-state index is 0.656. The molecule has 0 unspecified atom stereocenters. The molecule has 0 saturated carbocycles. The van der Waals surface area contributed by atoms with Crippen molar-refractivity contribution in [3.8, 4) is 27.8 Å². The summed E-state index contributed by atoms with van der Waals surface area (Å²) in [5.74, 6) is 0. The largest absolute Gasteiger partial charge is 0.264 e. The van der Waals surface area contributed by atoms with E-state index in [1.165, 1.54) is 0 Å². The minimum Gasteiger partial charge on any atom is -0.264 e. The van der Waals surface area contributed by atoms with Crippen molar-refractivity contribution >= 4 is 11.8 Å². The Morgan fingerprint density at radius 2 is 1.67 bits per heavy atom. The van der Waals surface area contributed by atoms with E-state index < -0.39 is 0 Å². The molecule has 100 valence electrons. The number of aromatic nitrogens is 3. The van der Waals surface area contributed by atoms with Gasteiger partial charge in [0, 0.05) is 53.2 Å². The molecule has 0 aliphatic carbocycles. The van der Waals surface area contributed by atoms with Gasteiger partial charge in [0.15, 0.2) is 0 Å². The molecule has 0 amide bonds. The van der Waals surface area contributed by atoms with Crippen LogP contribution in [-0.2, 0) is 0 Å². The fraction of sp³-hybridized carbons (Fsp3) is 0. The van der Waals surface area contributed by atoms with Crippen LogP contribution in [0.4, 0.5) is 0 Å². The van der Waals surface area contributed by atoms with Crippen molar-refractivity contribution in [1.82, 2.24) is 15.0 Å². The molecule has 0 aliphatic rings. The molecule has 3 aromatic heterocycles. The van der Waals surface area contributed by atoms with Gasteiger partial charge >= 0.3 is 0 Å². The predicted octanol–water partition coefficient (Wildman–Crippen LogP) is 3.78. The van der Waals surface area contributed by atoms with E-state index in [4.69, 9.17) is 5.26 Å². The summed E-state index contributed by atoms with van der Waals surface area (Å²) in [5, 5.41) is 11.6. The SMILES string of the molecule is N#CSc1ncccc1-c1ncccc1-c1cccnc1. The van der Waals surface area contributed by atoms with Gasteiger partial charge in [-0.3, -0.25) is 9.97 Å². The molecule has 21 heavy (non-hydrogen) atoms. The van der Waals surface area contributed by atoms with Gasteiger partial charge < -0.3 is 0 Å². The number of pyridine rings is 3. The smallest absolute Gasteiger partial charge is 0.140 e. The van der Waals surface area contributed by atoms with E-state index in [9.17, 15) is 0 Å². The quantitative estimate of drug-likeness (QED) is 0.542. The number of thioether (sulfide) groups is 1. The maximum atomic E-state index is 8.92. The van der Waals surface area contributed by atoms with Gasteiger partial charge in [-0.1, -0.05) is 12.1 Å². The minimum atomic E-state index is 0.656. The highest BCUT2D eigenvalue weighted by molar-refractivity contribution is 8.03. The van der Waals surface area contributed by atoms with Crippen LogP contribution in [0.15, 0.2) is 66.2 Å². The summed E-state index contributed by atoms with van der Waals surface area (Å²) in [6, 6.07) is 11.5. The maximum Gasteiger partial charge on any atom is 0.140 e. The Hall–Kier alpha value is -2.71. The highest BCUT2D eigenvalue weighted by Gasteiger charge is 2.13. The molecule has 3 heterocycles. The number of thiocyanates is 1. The van der Waals surface area contributed by atoms with Gasteiger partial charge in [0.1, 0.15) is 10.4 Å². The average molecular weight is 290 g/mol. The zero-order chi connectivity index (χ0) is 14.5. The molecular weight excluding hydrogens is 280 g/mol. The van der Waals surface area contributed by atoms with Crippen molar-refractivity contribution in [1.29, 1.82) is 5.26 Å². The second kappa shape index (κ2) is 6.16. The van der Waals surface area contributed by atoms with Gasteiger partial charge in [0.05, 0.1) is 5.69 Å². The second-order valence-electron chi connectivity index (χ2n) is 4.19. The fourth-order valence-electron chi connectivity index (χ4n) is 2.07. The molecule has 0 aromatic carbocycles. The van der Waals surface area contributed by atoms with Gasteiger partial charge in [-0.25, -0.2) is 4.98 Å². The predicted molar refractivity (Wildman–Crippen MR) is 82.2 cm³/mol. The topological polar surface area (TPSA) is 62.5 Å². The number of rotatable bonds is 3. The average Bonchev–Trinajstić information content (AvgIpc) is 2.57. The summed E-state index contributed by atoms with van der Waals surface area (Å²) in [5.41, 5.74) is 3.61. The van der Waals surface area contributed by atoms with Crippen molar-refractivity contribution in [2.45, 2.75) is 5.03 Å². The third-order valence-electron chi connectivity index (χ3n) is 2.95. The van der Waals surface area contributed by atoms with Crippen molar-refractivity contribution in [3.05, 3.63) is 61.2 Å². The summed E-state index contributed by atoms with van der Waals surface area (Å²) < 4.78 is 0. The Morgan fingerprint density at radius 3 is 2.43 bits per heavy atom. The highest BCUT2D eigenvalue weighted by Crippen LogP contribution is 2.34. The van der Waals surface area contributed by atoms with E-state index in [1.807, 2.05) is 36.4 Å². The molecule has 0 aliphatic heterocycles. The van der Waals surface area contributed by atoms with Crippen molar-refractivity contribution in [2.24, 2.45) is 0 Å². The van der Waals surface area contributed by atoms with Gasteiger partial charge in [-0.05, 0) is 24.3 Å². The summed E-state index contributed by atoms with van der Waals surface area (Å²) in [4.78, 5) is 12.9. The molecule has 0 fully saturated rings. The summed E-state index contributed by atoms with van der Waals surface area (Å²) in [6.45, 7) is 0. The highest BCUT2D eigenvalue weighted by atomic mass is 32.2. The first-order chi connectivity index (χ1) is 10.4. The van der Waals surface area contributed by atoms with Crippen LogP contribution in [0.2, 0.25) is 0 Å². The van der Waals surface area contributed by atoms with Crippen LogP contribution in [-0.4, -0.2) is 15.0 Å². The molecule has 4 nitrogen and oxygen atoms in total. The standard InChI is InChI=1S/C16H10N4S/c17-11-21-16-14(6-3-9-20-16)15-13(5-2-8-19-15)12-4-1-7-18-10-12/h1-10H. The van der Waals surface area contributed by atoms with Crippen LogP contribution < -0.4 is 0 Å². The van der Waals surface area contributed by atoms with Crippen molar-refractivity contribution in [3.63, 3.8) is 0 Å². The number of nitrogens with zero attached hydrogens (tertiary/aromatic N) is 4. The van der Waals surface area contributed by atoms with Gasteiger partial charge in [0.25, 0.3) is 0 Å². The normalized spacial score (nSPS) is 10.0. The summed E-state index contributed by atoms with van der Waals surface area (Å²) in [7, 11) is 0. The molecule has 0 spiro atoms. The zero-order valence-electron chi connectivity index (χ0n) is 11.0. The number of nitriles is 1. The van der Waals surface area contributed by atoms with Crippen molar-refractivity contribution in [2.75, 3.05) is 0 Å². The molecule has 0 atom stereocenters. The molecule has 0 bridgehead atoms. The van der Waals surface area contributed by atoms with Gasteiger partial charge in [-0.2, -0.15) is 5.26 Å². The van der Waals surface area contributed by atoms with Crippen LogP contribution in [0, 0.1) is 10.7 Å². The third-order valence-corrected chi connectivity index (χ3v) is 3.56. The van der Waals surface area contributed by atoms with Crippen LogP contribution in [0.3, 0.4) is 0 Å². The first-order valence-electron chi connectivity index (χ1n) is 6.27. The molecule has 3 rings (SSSR count). The van der Waals surface area contributed by atoms with Crippen LogP contribution in [0.1, 0.15) is 0 Å². The third kappa shape index (κ3) is 2.76. The van der Waals surface area contributed by atoms with E-state index in [-0.39, 0.29) is 0 Å². The Bertz CT molecular complexity index is 797. The lowest BCUT2D eigenvalue weighted by molar-refractivity contribution is 1.13. The Balaban J connectivity index is 2.19. The first kappa shape index (κ1) is 13.3.